The average Bonchev–Trinajstić information content (AvgIpc) is 2.68. The summed E-state index contributed by atoms with van der Waals surface area (Å²) in [4.78, 5) is 38.7. The van der Waals surface area contributed by atoms with Gasteiger partial charge in [-0.25, -0.2) is 0 Å². The Balaban J connectivity index is 2.03. The van der Waals surface area contributed by atoms with Crippen LogP contribution in [0.4, 0.5) is 17.1 Å². The van der Waals surface area contributed by atoms with Crippen LogP contribution in [0.25, 0.3) is 0 Å². The van der Waals surface area contributed by atoms with Crippen LogP contribution in [0.2, 0.25) is 0 Å². The Morgan fingerprint density at radius 1 is 1.00 bits per heavy atom. The van der Waals surface area contributed by atoms with Gasteiger partial charge in [0.15, 0.2) is 0 Å². The number of likely N-dealkylation sites (N-methyl/N-ethyl adjacent to an activating group) is 1. The number of nitro benzene ring substituents is 1. The highest BCUT2D eigenvalue weighted by Crippen LogP contribution is 2.23. The van der Waals surface area contributed by atoms with Crippen LogP contribution in [0, 0.1) is 10.1 Å². The van der Waals surface area contributed by atoms with Crippen LogP contribution in [0.5, 0.6) is 0 Å². The third kappa shape index (κ3) is 5.76. The van der Waals surface area contributed by atoms with Gasteiger partial charge in [0, 0.05) is 32.4 Å². The van der Waals surface area contributed by atoms with Gasteiger partial charge in [0.1, 0.15) is 5.69 Å². The molecule has 0 bridgehead atoms. The molecule has 2 aromatic rings. The molecule has 0 aliphatic carbocycles. The van der Waals surface area contributed by atoms with E-state index in [1.165, 1.54) is 18.2 Å². The molecule has 0 saturated carbocycles. The van der Waals surface area contributed by atoms with Crippen molar-refractivity contribution in [3.8, 4) is 0 Å². The Labute approximate surface area is 169 Å². The summed E-state index contributed by atoms with van der Waals surface area (Å²) in [7, 11) is 7.66. The molecule has 0 spiro atoms. The molecule has 9 nitrogen and oxygen atoms in total. The van der Waals surface area contributed by atoms with Gasteiger partial charge in [-0.15, -0.1) is 0 Å². The highest BCUT2D eigenvalue weighted by atomic mass is 16.6. The van der Waals surface area contributed by atoms with E-state index in [1.807, 2.05) is 62.3 Å². The quantitative estimate of drug-likeness (QED) is 0.419. The Kier molecular flexibility index (Phi) is 7.27. The van der Waals surface area contributed by atoms with E-state index in [4.69, 9.17) is 0 Å². The lowest BCUT2D eigenvalue weighted by Crippen LogP contribution is -2.40. The maximum atomic E-state index is 12.2. The van der Waals surface area contributed by atoms with Crippen molar-refractivity contribution in [1.29, 1.82) is 0 Å². The molecule has 0 aliphatic heterocycles. The minimum Gasteiger partial charge on any atom is -0.378 e. The van der Waals surface area contributed by atoms with Gasteiger partial charge in [0.2, 0.25) is 0 Å². The first-order valence-electron chi connectivity index (χ1n) is 8.97. The predicted octanol–water partition coefficient (Wildman–Crippen LogP) is 2.02. The van der Waals surface area contributed by atoms with Crippen LogP contribution in [0.1, 0.15) is 11.6 Å². The number of rotatable bonds is 7. The summed E-state index contributed by atoms with van der Waals surface area (Å²) in [5.41, 5.74) is 1.74. The minimum atomic E-state index is -0.959. The number of amides is 2. The maximum absolute atomic E-state index is 12.2. The van der Waals surface area contributed by atoms with Crippen LogP contribution in [-0.2, 0) is 9.59 Å². The third-order valence-corrected chi connectivity index (χ3v) is 4.43. The van der Waals surface area contributed by atoms with Gasteiger partial charge in [-0.1, -0.05) is 24.3 Å². The van der Waals surface area contributed by atoms with E-state index in [2.05, 4.69) is 10.6 Å². The van der Waals surface area contributed by atoms with Crippen molar-refractivity contribution in [3.05, 3.63) is 64.2 Å². The van der Waals surface area contributed by atoms with Crippen LogP contribution in [0.15, 0.2) is 48.5 Å². The average molecular weight is 399 g/mol. The van der Waals surface area contributed by atoms with Gasteiger partial charge < -0.3 is 20.4 Å². The molecule has 0 radical (unpaired) electrons. The molecule has 2 N–H and O–H groups in total. The summed E-state index contributed by atoms with van der Waals surface area (Å²) in [5, 5.41) is 15.9. The molecule has 2 rings (SSSR count). The number of carbonyl (C=O) groups excluding carboxylic acids is 2. The summed E-state index contributed by atoms with van der Waals surface area (Å²) >= 11 is 0. The van der Waals surface area contributed by atoms with Crippen LogP contribution < -0.4 is 15.5 Å². The number of para-hydroxylation sites is 2. The van der Waals surface area contributed by atoms with Crippen molar-refractivity contribution in [2.45, 2.75) is 6.04 Å². The molecule has 0 saturated heterocycles. The van der Waals surface area contributed by atoms with Gasteiger partial charge in [0.05, 0.1) is 11.0 Å². The number of nitro groups is 1. The van der Waals surface area contributed by atoms with Crippen LogP contribution >= 0.6 is 0 Å². The Bertz CT molecular complexity index is 881. The second kappa shape index (κ2) is 9.65. The molecule has 0 heterocycles. The molecule has 1 unspecified atom stereocenters. The van der Waals surface area contributed by atoms with E-state index in [-0.39, 0.29) is 24.0 Å². The third-order valence-electron chi connectivity index (χ3n) is 4.43. The zero-order valence-electron chi connectivity index (χ0n) is 16.9. The Hall–Kier alpha value is -3.46. The predicted molar refractivity (Wildman–Crippen MR) is 112 cm³/mol. The molecule has 9 heteroatoms. The molecule has 29 heavy (non-hydrogen) atoms. The molecule has 0 fully saturated rings. The van der Waals surface area contributed by atoms with Gasteiger partial charge in [-0.05, 0) is 37.9 Å². The van der Waals surface area contributed by atoms with Gasteiger partial charge in [-0.3, -0.25) is 19.7 Å². The van der Waals surface area contributed by atoms with Crippen molar-refractivity contribution in [2.24, 2.45) is 0 Å². The van der Waals surface area contributed by atoms with Crippen molar-refractivity contribution in [1.82, 2.24) is 10.2 Å². The molecule has 0 aliphatic rings. The summed E-state index contributed by atoms with van der Waals surface area (Å²) < 4.78 is 0. The molecule has 154 valence electrons. The van der Waals surface area contributed by atoms with Crippen molar-refractivity contribution < 1.29 is 14.5 Å². The highest BCUT2D eigenvalue weighted by molar-refractivity contribution is 6.39. The summed E-state index contributed by atoms with van der Waals surface area (Å²) in [6.45, 7) is 0.206. The van der Waals surface area contributed by atoms with Gasteiger partial charge in [0.25, 0.3) is 5.69 Å². The number of hydrogen-bond donors (Lipinski definition) is 2. The summed E-state index contributed by atoms with van der Waals surface area (Å²) in [5.74, 6) is -1.82. The van der Waals surface area contributed by atoms with E-state index in [1.54, 1.807) is 6.07 Å². The maximum Gasteiger partial charge on any atom is 0.313 e. The first kappa shape index (κ1) is 21.8. The number of nitrogens with one attached hydrogen (secondary N) is 2. The second-order valence-electron chi connectivity index (χ2n) is 6.90. The van der Waals surface area contributed by atoms with Crippen molar-refractivity contribution >= 4 is 28.9 Å². The lowest BCUT2D eigenvalue weighted by atomic mass is 10.1. The number of hydrogen-bond acceptors (Lipinski definition) is 6. The molecular formula is C20H25N5O4. The Morgan fingerprint density at radius 3 is 2.17 bits per heavy atom. The normalized spacial score (nSPS) is 11.6. The standard InChI is InChI=1S/C20H25N5O4/c1-23(2)15-11-9-14(10-12-15)18(24(3)4)13-21-19(26)20(27)22-16-7-5-6-8-17(16)25(28)29/h5-12,18H,13H2,1-4H3,(H,21,26)(H,22,27). The molecule has 2 aromatic carbocycles. The SMILES string of the molecule is CN(C)c1ccc(C(CNC(=O)C(=O)Nc2ccccc2[N+](=O)[O-])N(C)C)cc1. The summed E-state index contributed by atoms with van der Waals surface area (Å²) in [6.07, 6.45) is 0. The smallest absolute Gasteiger partial charge is 0.313 e. The summed E-state index contributed by atoms with van der Waals surface area (Å²) in [6, 6.07) is 13.4. The fourth-order valence-corrected chi connectivity index (χ4v) is 2.78. The lowest BCUT2D eigenvalue weighted by molar-refractivity contribution is -0.383. The van der Waals surface area contributed by atoms with E-state index >= 15 is 0 Å². The highest BCUT2D eigenvalue weighted by Gasteiger charge is 2.21. The topological polar surface area (TPSA) is 108 Å². The zero-order chi connectivity index (χ0) is 21.6. The second-order valence-corrected chi connectivity index (χ2v) is 6.90. The number of nitrogens with zero attached hydrogens (tertiary/aromatic N) is 3. The fraction of sp³-hybridized carbons (Fsp3) is 0.300. The zero-order valence-corrected chi connectivity index (χ0v) is 16.9. The van der Waals surface area contributed by atoms with Crippen LogP contribution in [-0.4, -0.2) is 56.4 Å². The minimum absolute atomic E-state index is 0.0268. The fourth-order valence-electron chi connectivity index (χ4n) is 2.78. The Morgan fingerprint density at radius 2 is 1.62 bits per heavy atom. The molecule has 2 amide bonds. The van der Waals surface area contributed by atoms with Gasteiger partial charge >= 0.3 is 11.8 Å². The number of benzene rings is 2. The van der Waals surface area contributed by atoms with E-state index in [9.17, 15) is 19.7 Å². The van der Waals surface area contributed by atoms with Crippen molar-refractivity contribution in [3.63, 3.8) is 0 Å². The number of carbonyl (C=O) groups is 2. The van der Waals surface area contributed by atoms with E-state index < -0.39 is 16.7 Å². The monoisotopic (exact) mass is 399 g/mol. The largest absolute Gasteiger partial charge is 0.378 e. The van der Waals surface area contributed by atoms with Gasteiger partial charge in [-0.2, -0.15) is 0 Å². The molecule has 0 aromatic heterocycles. The van der Waals surface area contributed by atoms with E-state index in [0.29, 0.717) is 0 Å². The lowest BCUT2D eigenvalue weighted by Gasteiger charge is -2.25. The first-order chi connectivity index (χ1) is 13.7. The molecule has 1 atom stereocenters. The molecular weight excluding hydrogens is 374 g/mol. The number of anilines is 2. The van der Waals surface area contributed by atoms with Crippen molar-refractivity contribution in [2.75, 3.05) is 45.0 Å². The first-order valence-corrected chi connectivity index (χ1v) is 8.97. The van der Waals surface area contributed by atoms with Crippen LogP contribution in [0.3, 0.4) is 0 Å². The van der Waals surface area contributed by atoms with E-state index in [0.717, 1.165) is 11.3 Å².